The lowest BCUT2D eigenvalue weighted by Crippen LogP contribution is -1.98. The molecular formula is C19H27NO2. The normalized spacial score (nSPS) is 11.2. The van der Waals surface area contributed by atoms with Gasteiger partial charge in [0.1, 0.15) is 5.58 Å². The first-order valence-corrected chi connectivity index (χ1v) is 8.44. The molecule has 1 aromatic carbocycles. The van der Waals surface area contributed by atoms with Crippen molar-refractivity contribution in [3.63, 3.8) is 0 Å². The Bertz CT molecular complexity index is 645. The Morgan fingerprint density at radius 2 is 1.64 bits per heavy atom. The van der Waals surface area contributed by atoms with Gasteiger partial charge in [0.15, 0.2) is 0 Å². The van der Waals surface area contributed by atoms with Crippen molar-refractivity contribution in [2.75, 3.05) is 6.54 Å². The van der Waals surface area contributed by atoms with Crippen LogP contribution < -0.4 is 11.4 Å². The Kier molecular flexibility index (Phi) is 6.66. The van der Waals surface area contributed by atoms with E-state index in [0.29, 0.717) is 5.58 Å². The van der Waals surface area contributed by atoms with Crippen molar-refractivity contribution in [3.05, 3.63) is 45.8 Å². The fourth-order valence-electron chi connectivity index (χ4n) is 2.88. The molecule has 2 aromatic rings. The van der Waals surface area contributed by atoms with Crippen molar-refractivity contribution in [2.45, 2.75) is 58.3 Å². The summed E-state index contributed by atoms with van der Waals surface area (Å²) in [6.07, 6.45) is 9.84. The third-order valence-electron chi connectivity index (χ3n) is 4.19. The van der Waals surface area contributed by atoms with Gasteiger partial charge in [0.25, 0.3) is 0 Å². The zero-order chi connectivity index (χ0) is 15.8. The van der Waals surface area contributed by atoms with E-state index < -0.39 is 0 Å². The van der Waals surface area contributed by atoms with Crippen LogP contribution in [0.5, 0.6) is 0 Å². The average Bonchev–Trinajstić information content (AvgIpc) is 2.49. The molecule has 0 saturated heterocycles. The Morgan fingerprint density at radius 1 is 0.955 bits per heavy atom. The number of benzene rings is 1. The van der Waals surface area contributed by atoms with Gasteiger partial charge in [0, 0.05) is 11.5 Å². The van der Waals surface area contributed by atoms with E-state index in [0.717, 1.165) is 30.3 Å². The molecule has 0 atom stereocenters. The lowest BCUT2D eigenvalue weighted by atomic mass is 10.0. The molecule has 0 aliphatic rings. The molecule has 0 spiro atoms. The van der Waals surface area contributed by atoms with Crippen LogP contribution in [0.15, 0.2) is 33.5 Å². The highest BCUT2D eigenvalue weighted by atomic mass is 16.4. The number of hydrogen-bond donors (Lipinski definition) is 1. The van der Waals surface area contributed by atoms with E-state index in [9.17, 15) is 4.79 Å². The molecule has 0 saturated carbocycles. The predicted octanol–water partition coefficient (Wildman–Crippen LogP) is 4.33. The first-order chi connectivity index (χ1) is 10.7. The molecule has 0 unspecified atom stereocenters. The van der Waals surface area contributed by atoms with E-state index in [4.69, 9.17) is 10.2 Å². The summed E-state index contributed by atoms with van der Waals surface area (Å²) in [4.78, 5) is 11.4. The number of hydrogen-bond acceptors (Lipinski definition) is 3. The lowest BCUT2D eigenvalue weighted by molar-refractivity contribution is 0.558. The van der Waals surface area contributed by atoms with E-state index in [1.807, 2.05) is 13.0 Å². The molecule has 0 aliphatic carbocycles. The van der Waals surface area contributed by atoms with Gasteiger partial charge in [-0.05, 0) is 49.9 Å². The molecule has 3 nitrogen and oxygen atoms in total. The SMILES string of the molecule is Cc1cc(=O)oc2cc(CCCCCCCCCN)ccc12. The maximum Gasteiger partial charge on any atom is 0.336 e. The summed E-state index contributed by atoms with van der Waals surface area (Å²) in [6.45, 7) is 2.77. The number of fused-ring (bicyclic) bond motifs is 1. The quantitative estimate of drug-likeness (QED) is 0.554. The summed E-state index contributed by atoms with van der Waals surface area (Å²) in [7, 11) is 0. The zero-order valence-corrected chi connectivity index (χ0v) is 13.6. The van der Waals surface area contributed by atoms with Crippen LogP contribution in [0.1, 0.15) is 56.1 Å². The standard InChI is InChI=1S/C19H27NO2/c1-15-13-19(21)22-18-14-16(10-11-17(15)18)9-7-5-3-2-4-6-8-12-20/h10-11,13-14H,2-9,12,20H2,1H3. The molecular weight excluding hydrogens is 274 g/mol. The predicted molar refractivity (Wildman–Crippen MR) is 92.3 cm³/mol. The molecule has 1 heterocycles. The van der Waals surface area contributed by atoms with Crippen LogP contribution in [0.2, 0.25) is 0 Å². The Hall–Kier alpha value is -1.61. The highest BCUT2D eigenvalue weighted by molar-refractivity contribution is 5.80. The van der Waals surface area contributed by atoms with Crippen molar-refractivity contribution < 1.29 is 4.42 Å². The maximum absolute atomic E-state index is 11.4. The molecule has 0 amide bonds. The minimum absolute atomic E-state index is 0.264. The Morgan fingerprint density at radius 3 is 2.36 bits per heavy atom. The lowest BCUT2D eigenvalue weighted by Gasteiger charge is -2.05. The number of nitrogens with two attached hydrogens (primary N) is 1. The smallest absolute Gasteiger partial charge is 0.336 e. The third kappa shape index (κ3) is 4.99. The van der Waals surface area contributed by atoms with Gasteiger partial charge in [-0.15, -0.1) is 0 Å². The van der Waals surface area contributed by atoms with Gasteiger partial charge < -0.3 is 10.2 Å². The molecule has 120 valence electrons. The van der Waals surface area contributed by atoms with Crippen molar-refractivity contribution >= 4 is 11.0 Å². The first-order valence-electron chi connectivity index (χ1n) is 8.44. The molecule has 0 radical (unpaired) electrons. The van der Waals surface area contributed by atoms with Crippen LogP contribution in [0.25, 0.3) is 11.0 Å². The number of unbranched alkanes of at least 4 members (excludes halogenated alkanes) is 6. The summed E-state index contributed by atoms with van der Waals surface area (Å²) in [6, 6.07) is 7.78. The summed E-state index contributed by atoms with van der Waals surface area (Å²) >= 11 is 0. The van der Waals surface area contributed by atoms with Crippen LogP contribution in [0.3, 0.4) is 0 Å². The van der Waals surface area contributed by atoms with E-state index in [1.54, 1.807) is 6.07 Å². The highest BCUT2D eigenvalue weighted by Gasteiger charge is 2.03. The summed E-state index contributed by atoms with van der Waals surface area (Å²) in [5.41, 5.74) is 8.17. The van der Waals surface area contributed by atoms with Gasteiger partial charge in [-0.2, -0.15) is 0 Å². The fourth-order valence-corrected chi connectivity index (χ4v) is 2.88. The monoisotopic (exact) mass is 301 g/mol. The second-order valence-electron chi connectivity index (χ2n) is 6.09. The molecule has 22 heavy (non-hydrogen) atoms. The van der Waals surface area contributed by atoms with Crippen LogP contribution in [0.4, 0.5) is 0 Å². The molecule has 1 aromatic heterocycles. The van der Waals surface area contributed by atoms with Gasteiger partial charge in [-0.1, -0.05) is 44.2 Å². The molecule has 0 fully saturated rings. The van der Waals surface area contributed by atoms with Gasteiger partial charge in [0.05, 0.1) is 0 Å². The topological polar surface area (TPSA) is 56.2 Å². The molecule has 2 rings (SSSR count). The number of rotatable bonds is 9. The number of aryl methyl sites for hydroxylation is 2. The third-order valence-corrected chi connectivity index (χ3v) is 4.19. The first kappa shape index (κ1) is 16.8. The van der Waals surface area contributed by atoms with Crippen molar-refractivity contribution in [1.82, 2.24) is 0 Å². The molecule has 0 bridgehead atoms. The highest BCUT2D eigenvalue weighted by Crippen LogP contribution is 2.19. The summed E-state index contributed by atoms with van der Waals surface area (Å²) in [5, 5.41) is 1.03. The fraction of sp³-hybridized carbons (Fsp3) is 0.526. The average molecular weight is 301 g/mol. The van der Waals surface area contributed by atoms with Gasteiger partial charge in [0.2, 0.25) is 0 Å². The van der Waals surface area contributed by atoms with Crippen LogP contribution in [0, 0.1) is 6.92 Å². The Balaban J connectivity index is 1.79. The van der Waals surface area contributed by atoms with Crippen LogP contribution in [-0.4, -0.2) is 6.54 Å². The largest absolute Gasteiger partial charge is 0.423 e. The Labute approximate surface area is 132 Å². The second-order valence-corrected chi connectivity index (χ2v) is 6.09. The second kappa shape index (κ2) is 8.74. The van der Waals surface area contributed by atoms with E-state index in [1.165, 1.54) is 44.1 Å². The molecule has 0 aliphatic heterocycles. The molecule has 2 N–H and O–H groups in total. The maximum atomic E-state index is 11.4. The summed E-state index contributed by atoms with van der Waals surface area (Å²) < 4.78 is 5.30. The minimum atomic E-state index is -0.264. The minimum Gasteiger partial charge on any atom is -0.423 e. The van der Waals surface area contributed by atoms with Crippen molar-refractivity contribution in [1.29, 1.82) is 0 Å². The van der Waals surface area contributed by atoms with Crippen molar-refractivity contribution in [3.8, 4) is 0 Å². The van der Waals surface area contributed by atoms with Crippen LogP contribution >= 0.6 is 0 Å². The summed E-state index contributed by atoms with van der Waals surface area (Å²) in [5.74, 6) is 0. The van der Waals surface area contributed by atoms with Crippen molar-refractivity contribution in [2.24, 2.45) is 5.73 Å². The van der Waals surface area contributed by atoms with E-state index >= 15 is 0 Å². The van der Waals surface area contributed by atoms with Crippen LogP contribution in [-0.2, 0) is 6.42 Å². The van der Waals surface area contributed by atoms with E-state index in [2.05, 4.69) is 12.1 Å². The zero-order valence-electron chi connectivity index (χ0n) is 13.6. The van der Waals surface area contributed by atoms with Gasteiger partial charge in [-0.25, -0.2) is 4.79 Å². The molecule has 3 heteroatoms. The van der Waals surface area contributed by atoms with Gasteiger partial charge in [-0.3, -0.25) is 0 Å². The van der Waals surface area contributed by atoms with Gasteiger partial charge >= 0.3 is 5.63 Å². The van der Waals surface area contributed by atoms with E-state index in [-0.39, 0.29) is 5.63 Å².